The van der Waals surface area contributed by atoms with Crippen molar-refractivity contribution in [2.24, 2.45) is 0 Å². The number of halogens is 1. The lowest BCUT2D eigenvalue weighted by Crippen LogP contribution is -2.26. The Labute approximate surface area is 171 Å². The molecule has 0 bridgehead atoms. The fourth-order valence-electron chi connectivity index (χ4n) is 2.74. The smallest absolute Gasteiger partial charge is 0.269 e. The summed E-state index contributed by atoms with van der Waals surface area (Å²) in [5.41, 5.74) is 1.42. The van der Waals surface area contributed by atoms with Gasteiger partial charge >= 0.3 is 0 Å². The van der Waals surface area contributed by atoms with Crippen LogP contribution in [0.4, 0.5) is 10.1 Å². The number of aryl methyl sites for hydroxylation is 1. The lowest BCUT2D eigenvalue weighted by Gasteiger charge is -2.19. The van der Waals surface area contributed by atoms with Crippen molar-refractivity contribution >= 4 is 27.0 Å². The van der Waals surface area contributed by atoms with Gasteiger partial charge in [-0.15, -0.1) is 11.3 Å². The van der Waals surface area contributed by atoms with Crippen LogP contribution in [-0.2, 0) is 10.0 Å². The molecule has 0 unspecified atom stereocenters. The molecule has 2 heterocycles. The van der Waals surface area contributed by atoms with Crippen LogP contribution < -0.4 is 4.31 Å². The molecule has 0 radical (unpaired) electrons. The summed E-state index contributed by atoms with van der Waals surface area (Å²) in [6.45, 7) is 1.62. The van der Waals surface area contributed by atoms with Crippen molar-refractivity contribution in [1.82, 2.24) is 10.1 Å². The van der Waals surface area contributed by atoms with E-state index < -0.39 is 15.8 Å². The molecule has 4 rings (SSSR count). The van der Waals surface area contributed by atoms with E-state index in [0.29, 0.717) is 16.3 Å². The van der Waals surface area contributed by atoms with E-state index in [1.807, 2.05) is 30.3 Å². The van der Waals surface area contributed by atoms with Gasteiger partial charge in [0.15, 0.2) is 0 Å². The third kappa shape index (κ3) is 3.54. The SMILES string of the molecule is Cc1ccc(N(C)S(=O)(=O)c2ccsc2-c2nc(-c3ccccc3)no2)cc1F. The second kappa shape index (κ2) is 7.41. The maximum Gasteiger partial charge on any atom is 0.269 e. The van der Waals surface area contributed by atoms with Crippen LogP contribution in [0.2, 0.25) is 0 Å². The van der Waals surface area contributed by atoms with Crippen LogP contribution in [0, 0.1) is 12.7 Å². The number of rotatable bonds is 5. The van der Waals surface area contributed by atoms with Crippen LogP contribution in [0.15, 0.2) is 69.4 Å². The number of nitrogens with zero attached hydrogens (tertiary/aromatic N) is 3. The minimum absolute atomic E-state index is 0.0224. The standard InChI is InChI=1S/C20H16FN3O3S2/c1-13-8-9-15(12-16(13)21)24(2)29(25,26)17-10-11-28-18(17)20-22-19(23-27-20)14-6-4-3-5-7-14/h3-12H,1-2H3. The molecule has 0 aliphatic carbocycles. The highest BCUT2D eigenvalue weighted by molar-refractivity contribution is 7.93. The molecule has 29 heavy (non-hydrogen) atoms. The number of benzene rings is 2. The normalized spacial score (nSPS) is 11.6. The first-order chi connectivity index (χ1) is 13.9. The Bertz CT molecular complexity index is 1270. The van der Waals surface area contributed by atoms with Gasteiger partial charge in [0.1, 0.15) is 15.6 Å². The average Bonchev–Trinajstić information content (AvgIpc) is 3.40. The third-order valence-electron chi connectivity index (χ3n) is 4.44. The number of anilines is 1. The van der Waals surface area contributed by atoms with Gasteiger partial charge in [-0.25, -0.2) is 12.8 Å². The van der Waals surface area contributed by atoms with Crippen LogP contribution in [-0.4, -0.2) is 25.6 Å². The molecule has 2 aromatic heterocycles. The topological polar surface area (TPSA) is 76.3 Å². The molecular formula is C20H16FN3O3S2. The molecule has 0 aliphatic rings. The summed E-state index contributed by atoms with van der Waals surface area (Å²) in [6, 6.07) is 15.0. The van der Waals surface area contributed by atoms with Crippen LogP contribution in [0.5, 0.6) is 0 Å². The summed E-state index contributed by atoms with van der Waals surface area (Å²) >= 11 is 1.18. The van der Waals surface area contributed by atoms with Gasteiger partial charge in [0.2, 0.25) is 5.82 Å². The van der Waals surface area contributed by atoms with Gasteiger partial charge in [-0.1, -0.05) is 41.6 Å². The fraction of sp³-hybridized carbons (Fsp3) is 0.100. The minimum Gasteiger partial charge on any atom is -0.333 e. The minimum atomic E-state index is -3.96. The molecule has 9 heteroatoms. The molecule has 0 saturated heterocycles. The Morgan fingerprint density at radius 1 is 1.10 bits per heavy atom. The van der Waals surface area contributed by atoms with E-state index in [0.717, 1.165) is 9.87 Å². The van der Waals surface area contributed by atoms with Gasteiger partial charge in [-0.2, -0.15) is 4.98 Å². The van der Waals surface area contributed by atoms with Crippen molar-refractivity contribution in [1.29, 1.82) is 0 Å². The number of hydrogen-bond donors (Lipinski definition) is 0. The Hall–Kier alpha value is -3.04. The predicted molar refractivity (Wildman–Crippen MR) is 110 cm³/mol. The lowest BCUT2D eigenvalue weighted by molar-refractivity contribution is 0.432. The van der Waals surface area contributed by atoms with Crippen LogP contribution in [0.1, 0.15) is 5.56 Å². The summed E-state index contributed by atoms with van der Waals surface area (Å²) in [4.78, 5) is 4.70. The summed E-state index contributed by atoms with van der Waals surface area (Å²) in [7, 11) is -2.58. The van der Waals surface area contributed by atoms with E-state index in [-0.39, 0.29) is 16.5 Å². The number of hydrogen-bond acceptors (Lipinski definition) is 6. The maximum atomic E-state index is 13.9. The second-order valence-corrected chi connectivity index (χ2v) is 9.16. The highest BCUT2D eigenvalue weighted by atomic mass is 32.2. The Morgan fingerprint density at radius 2 is 1.86 bits per heavy atom. The van der Waals surface area contributed by atoms with Gasteiger partial charge in [-0.05, 0) is 36.1 Å². The molecule has 2 aromatic carbocycles. The molecule has 0 amide bonds. The Kier molecular flexibility index (Phi) is 4.93. The lowest BCUT2D eigenvalue weighted by atomic mass is 10.2. The van der Waals surface area contributed by atoms with E-state index in [4.69, 9.17) is 4.52 Å². The van der Waals surface area contributed by atoms with Crippen LogP contribution in [0.3, 0.4) is 0 Å². The highest BCUT2D eigenvalue weighted by Crippen LogP contribution is 2.35. The van der Waals surface area contributed by atoms with E-state index in [2.05, 4.69) is 10.1 Å². The molecule has 0 saturated carbocycles. The zero-order valence-electron chi connectivity index (χ0n) is 15.5. The van der Waals surface area contributed by atoms with E-state index in [1.54, 1.807) is 18.4 Å². The summed E-state index contributed by atoms with van der Waals surface area (Å²) < 4.78 is 46.7. The number of aromatic nitrogens is 2. The van der Waals surface area contributed by atoms with Gasteiger partial charge in [0.05, 0.1) is 5.69 Å². The molecule has 0 aliphatic heterocycles. The first-order valence-corrected chi connectivity index (χ1v) is 10.9. The van der Waals surface area contributed by atoms with Crippen LogP contribution >= 0.6 is 11.3 Å². The Balaban J connectivity index is 1.72. The molecule has 4 aromatic rings. The number of sulfonamides is 1. The van der Waals surface area contributed by atoms with Gasteiger partial charge in [0.25, 0.3) is 15.9 Å². The molecule has 0 atom stereocenters. The molecule has 0 N–H and O–H groups in total. The Morgan fingerprint density at radius 3 is 2.59 bits per heavy atom. The third-order valence-corrected chi connectivity index (χ3v) is 7.30. The first-order valence-electron chi connectivity index (χ1n) is 8.60. The monoisotopic (exact) mass is 429 g/mol. The quantitative estimate of drug-likeness (QED) is 0.458. The summed E-state index contributed by atoms with van der Waals surface area (Å²) in [5, 5.41) is 5.59. The van der Waals surface area contributed by atoms with Gasteiger partial charge in [0, 0.05) is 12.6 Å². The zero-order valence-corrected chi connectivity index (χ0v) is 17.2. The largest absolute Gasteiger partial charge is 0.333 e. The van der Waals surface area contributed by atoms with Crippen molar-refractivity contribution in [3.05, 3.63) is 71.4 Å². The molecular weight excluding hydrogens is 413 g/mol. The summed E-state index contributed by atoms with van der Waals surface area (Å²) in [5.74, 6) is 0.00622. The second-order valence-electron chi connectivity index (χ2n) is 6.31. The van der Waals surface area contributed by atoms with Gasteiger partial charge < -0.3 is 4.52 Å². The molecule has 148 valence electrons. The van der Waals surface area contributed by atoms with Crippen molar-refractivity contribution in [3.8, 4) is 22.2 Å². The number of thiophene rings is 1. The zero-order chi connectivity index (χ0) is 20.6. The van der Waals surface area contributed by atoms with Crippen LogP contribution in [0.25, 0.3) is 22.2 Å². The molecule has 0 fully saturated rings. The molecule has 6 nitrogen and oxygen atoms in total. The van der Waals surface area contributed by atoms with Crippen molar-refractivity contribution < 1.29 is 17.3 Å². The first kappa shape index (κ1) is 19.3. The summed E-state index contributed by atoms with van der Waals surface area (Å²) in [6.07, 6.45) is 0. The van der Waals surface area contributed by atoms with Gasteiger partial charge in [-0.3, -0.25) is 4.31 Å². The van der Waals surface area contributed by atoms with E-state index in [1.165, 1.54) is 36.6 Å². The van der Waals surface area contributed by atoms with E-state index >= 15 is 0 Å². The van der Waals surface area contributed by atoms with Crippen molar-refractivity contribution in [2.75, 3.05) is 11.4 Å². The highest BCUT2D eigenvalue weighted by Gasteiger charge is 2.29. The fourth-order valence-corrected chi connectivity index (χ4v) is 5.24. The van der Waals surface area contributed by atoms with Crippen molar-refractivity contribution in [3.63, 3.8) is 0 Å². The molecule has 0 spiro atoms. The van der Waals surface area contributed by atoms with Crippen molar-refractivity contribution in [2.45, 2.75) is 11.8 Å². The maximum absolute atomic E-state index is 13.9. The predicted octanol–water partition coefficient (Wildman–Crippen LogP) is 4.74. The van der Waals surface area contributed by atoms with E-state index in [9.17, 15) is 12.8 Å². The average molecular weight is 429 g/mol.